The van der Waals surface area contributed by atoms with Crippen molar-refractivity contribution in [1.29, 1.82) is 0 Å². The molecule has 2 heterocycles. The Kier molecular flexibility index (Phi) is 3.39. The lowest BCUT2D eigenvalue weighted by Crippen LogP contribution is -2.02. The summed E-state index contributed by atoms with van der Waals surface area (Å²) in [7, 11) is 0. The van der Waals surface area contributed by atoms with Crippen LogP contribution in [0.15, 0.2) is 61.9 Å². The van der Waals surface area contributed by atoms with Crippen LogP contribution in [0.2, 0.25) is 0 Å². The first kappa shape index (κ1) is 14.9. The number of allylic oxidation sites excluding steroid dienone is 1. The van der Waals surface area contributed by atoms with E-state index in [-0.39, 0.29) is 17.1 Å². The molecule has 0 N–H and O–H groups in total. The molecule has 1 aliphatic heterocycles. The number of ether oxygens (including phenoxy) is 1. The summed E-state index contributed by atoms with van der Waals surface area (Å²) in [6.07, 6.45) is 1.68. The van der Waals surface area contributed by atoms with Gasteiger partial charge >= 0.3 is 5.63 Å². The topological polar surface area (TPSA) is 56.5 Å². The third-order valence-corrected chi connectivity index (χ3v) is 4.45. The second-order valence-electron chi connectivity index (χ2n) is 5.56. The van der Waals surface area contributed by atoms with Crippen LogP contribution < -0.4 is 10.4 Å². The normalized spacial score (nSPS) is 14.9. The predicted octanol–water partition coefficient (Wildman–Crippen LogP) is 4.48. The molecule has 0 fully saturated rings. The van der Waals surface area contributed by atoms with E-state index in [1.54, 1.807) is 18.2 Å². The van der Waals surface area contributed by atoms with Crippen LogP contribution in [0.1, 0.15) is 21.5 Å². The van der Waals surface area contributed by atoms with Gasteiger partial charge in [0.15, 0.2) is 11.3 Å². The number of aryl methyl sites for hydroxylation is 1. The first-order valence-corrected chi connectivity index (χ1v) is 8.09. The molecule has 0 amide bonds. The largest absolute Gasteiger partial charge is 0.452 e. The number of Topliss-reactive ketones (excluding diaryl/α,β-unsaturated/α-hetero) is 1. The molecular formula is C19H11BrO4. The Hall–Kier alpha value is -2.66. The number of hydrogen-bond acceptors (Lipinski definition) is 4. The Bertz CT molecular complexity index is 1070. The number of hydrogen-bond donors (Lipinski definition) is 0. The van der Waals surface area contributed by atoms with E-state index < -0.39 is 5.63 Å². The average Bonchev–Trinajstić information content (AvgIpc) is 2.86. The molecule has 24 heavy (non-hydrogen) atoms. The lowest BCUT2D eigenvalue weighted by Gasteiger charge is -2.02. The van der Waals surface area contributed by atoms with Crippen molar-refractivity contribution in [3.63, 3.8) is 0 Å². The maximum Gasteiger partial charge on any atom is 0.336 e. The number of ketones is 1. The molecule has 0 saturated heterocycles. The maximum atomic E-state index is 12.7. The van der Waals surface area contributed by atoms with Gasteiger partial charge in [-0.2, -0.15) is 0 Å². The molecule has 0 unspecified atom stereocenters. The molecule has 0 spiro atoms. The summed E-state index contributed by atoms with van der Waals surface area (Å²) >= 11 is 3.37. The summed E-state index contributed by atoms with van der Waals surface area (Å²) in [6.45, 7) is 1.81. The van der Waals surface area contributed by atoms with E-state index in [2.05, 4.69) is 15.9 Å². The second-order valence-corrected chi connectivity index (χ2v) is 6.47. The van der Waals surface area contributed by atoms with Gasteiger partial charge in [-0.05, 0) is 48.4 Å². The van der Waals surface area contributed by atoms with Crippen LogP contribution in [0.3, 0.4) is 0 Å². The highest BCUT2D eigenvalue weighted by molar-refractivity contribution is 9.10. The number of fused-ring (bicyclic) bond motifs is 3. The van der Waals surface area contributed by atoms with Crippen molar-refractivity contribution in [2.75, 3.05) is 0 Å². The number of halogens is 1. The molecule has 0 bridgehead atoms. The Labute approximate surface area is 145 Å². The lowest BCUT2D eigenvalue weighted by molar-refractivity contribution is 0.101. The second kappa shape index (κ2) is 5.46. The van der Waals surface area contributed by atoms with E-state index in [4.69, 9.17) is 9.15 Å². The van der Waals surface area contributed by atoms with Crippen molar-refractivity contribution < 1.29 is 13.9 Å². The van der Waals surface area contributed by atoms with Crippen molar-refractivity contribution in [3.8, 4) is 5.75 Å². The molecule has 5 heteroatoms. The van der Waals surface area contributed by atoms with Crippen molar-refractivity contribution in [1.82, 2.24) is 0 Å². The zero-order valence-corrected chi connectivity index (χ0v) is 14.2. The van der Waals surface area contributed by atoms with Crippen LogP contribution in [0, 0.1) is 6.92 Å². The van der Waals surface area contributed by atoms with Crippen molar-refractivity contribution in [2.24, 2.45) is 0 Å². The number of rotatable bonds is 1. The highest BCUT2D eigenvalue weighted by Crippen LogP contribution is 2.37. The van der Waals surface area contributed by atoms with Gasteiger partial charge in [0.1, 0.15) is 11.3 Å². The highest BCUT2D eigenvalue weighted by atomic mass is 79.9. The molecule has 1 aliphatic rings. The Balaban J connectivity index is 1.87. The standard InChI is InChI=1S/C19H11BrO4/c1-10-8-16(21)24-19-13(10)6-7-14-17(19)18(22)15(23-14)9-11-2-4-12(20)5-3-11/h2-9H,1H3/b15-9-. The fraction of sp³-hybridized carbons (Fsp3) is 0.0526. The van der Waals surface area contributed by atoms with Gasteiger partial charge in [-0.1, -0.05) is 28.1 Å². The first-order valence-electron chi connectivity index (χ1n) is 7.30. The van der Waals surface area contributed by atoms with Crippen LogP contribution in [0.4, 0.5) is 0 Å². The molecule has 0 aliphatic carbocycles. The Morgan fingerprint density at radius 3 is 2.54 bits per heavy atom. The fourth-order valence-corrected chi connectivity index (χ4v) is 3.02. The van der Waals surface area contributed by atoms with Crippen LogP contribution >= 0.6 is 15.9 Å². The molecule has 2 aromatic carbocycles. The van der Waals surface area contributed by atoms with Gasteiger partial charge in [0.25, 0.3) is 0 Å². The third-order valence-electron chi connectivity index (χ3n) is 3.92. The summed E-state index contributed by atoms with van der Waals surface area (Å²) in [4.78, 5) is 24.4. The fourth-order valence-electron chi connectivity index (χ4n) is 2.76. The molecule has 0 radical (unpaired) electrons. The summed E-state index contributed by atoms with van der Waals surface area (Å²) < 4.78 is 11.9. The molecule has 0 saturated carbocycles. The molecule has 0 atom stereocenters. The molecule has 4 rings (SSSR count). The van der Waals surface area contributed by atoms with Crippen molar-refractivity contribution in [2.45, 2.75) is 6.92 Å². The van der Waals surface area contributed by atoms with E-state index in [9.17, 15) is 9.59 Å². The van der Waals surface area contributed by atoms with Crippen molar-refractivity contribution >= 4 is 38.8 Å². The van der Waals surface area contributed by atoms with E-state index >= 15 is 0 Å². The smallest absolute Gasteiger partial charge is 0.336 e. The summed E-state index contributed by atoms with van der Waals surface area (Å²) in [5, 5.41) is 0.732. The Morgan fingerprint density at radius 1 is 1.04 bits per heavy atom. The molecule has 3 aromatic rings. The zero-order valence-electron chi connectivity index (χ0n) is 12.6. The highest BCUT2D eigenvalue weighted by Gasteiger charge is 2.31. The maximum absolute atomic E-state index is 12.7. The molecule has 1 aromatic heterocycles. The summed E-state index contributed by atoms with van der Waals surface area (Å²) in [6, 6.07) is 12.5. The van der Waals surface area contributed by atoms with Gasteiger partial charge in [-0.25, -0.2) is 4.79 Å². The monoisotopic (exact) mass is 382 g/mol. The predicted molar refractivity (Wildman–Crippen MR) is 94.3 cm³/mol. The first-order chi connectivity index (χ1) is 11.5. The number of carbonyl (C=O) groups excluding carboxylic acids is 1. The Morgan fingerprint density at radius 2 is 1.79 bits per heavy atom. The molecular weight excluding hydrogens is 372 g/mol. The summed E-state index contributed by atoms with van der Waals surface area (Å²) in [5.74, 6) is 0.334. The SMILES string of the molecule is Cc1cc(=O)oc2c3c(ccc12)O/C(=C\c1ccc(Br)cc1)C3=O. The van der Waals surface area contributed by atoms with E-state index in [0.29, 0.717) is 11.3 Å². The minimum absolute atomic E-state index is 0.212. The summed E-state index contributed by atoms with van der Waals surface area (Å²) in [5.41, 5.74) is 1.71. The van der Waals surface area contributed by atoms with Crippen LogP contribution in [0.5, 0.6) is 5.75 Å². The minimum Gasteiger partial charge on any atom is -0.452 e. The van der Waals surface area contributed by atoms with Gasteiger partial charge in [0.2, 0.25) is 5.78 Å². The van der Waals surface area contributed by atoms with Gasteiger partial charge in [-0.3, -0.25) is 4.79 Å². The van der Waals surface area contributed by atoms with Gasteiger partial charge in [0.05, 0.1) is 0 Å². The molecule has 4 nitrogen and oxygen atoms in total. The van der Waals surface area contributed by atoms with E-state index in [0.717, 1.165) is 21.0 Å². The van der Waals surface area contributed by atoms with Crippen LogP contribution in [0.25, 0.3) is 17.0 Å². The van der Waals surface area contributed by atoms with Crippen LogP contribution in [-0.4, -0.2) is 5.78 Å². The minimum atomic E-state index is -0.480. The molecule has 118 valence electrons. The lowest BCUT2D eigenvalue weighted by atomic mass is 10.0. The number of benzene rings is 2. The van der Waals surface area contributed by atoms with Crippen LogP contribution in [-0.2, 0) is 0 Å². The van der Waals surface area contributed by atoms with E-state index in [1.807, 2.05) is 31.2 Å². The number of carbonyl (C=O) groups is 1. The van der Waals surface area contributed by atoms with Gasteiger partial charge < -0.3 is 9.15 Å². The zero-order chi connectivity index (χ0) is 16.8. The van der Waals surface area contributed by atoms with E-state index in [1.165, 1.54) is 6.07 Å². The van der Waals surface area contributed by atoms with Gasteiger partial charge in [0, 0.05) is 15.9 Å². The quantitative estimate of drug-likeness (QED) is 0.459. The average molecular weight is 383 g/mol. The van der Waals surface area contributed by atoms with Crippen molar-refractivity contribution in [3.05, 3.63) is 79.8 Å². The third kappa shape index (κ3) is 2.37. The van der Waals surface area contributed by atoms with Gasteiger partial charge in [-0.15, -0.1) is 0 Å².